The molecule has 5 nitrogen and oxygen atoms in total. The van der Waals surface area contributed by atoms with E-state index in [4.69, 9.17) is 9.05 Å². The first-order valence-corrected chi connectivity index (χ1v) is 7.69. The van der Waals surface area contributed by atoms with Gasteiger partial charge in [0.1, 0.15) is 13.2 Å². The van der Waals surface area contributed by atoms with E-state index in [2.05, 4.69) is 0 Å². The number of hydrogen-bond donors (Lipinski definition) is 0. The number of phosphoric ester groups is 1. The van der Waals surface area contributed by atoms with Crippen LogP contribution in [0.2, 0.25) is 0 Å². The van der Waals surface area contributed by atoms with Crippen molar-refractivity contribution in [1.29, 1.82) is 0 Å². The molecule has 0 radical (unpaired) electrons. The lowest BCUT2D eigenvalue weighted by atomic mass is 9.98. The van der Waals surface area contributed by atoms with Crippen molar-refractivity contribution in [2.75, 3.05) is 34.3 Å². The lowest BCUT2D eigenvalue weighted by Crippen LogP contribution is -2.37. The van der Waals surface area contributed by atoms with Gasteiger partial charge in [-0.05, 0) is 12.8 Å². The molecule has 102 valence electrons. The van der Waals surface area contributed by atoms with Gasteiger partial charge in [0.15, 0.2) is 0 Å². The highest BCUT2D eigenvalue weighted by Crippen LogP contribution is 2.42. The van der Waals surface area contributed by atoms with Gasteiger partial charge >= 0.3 is 0 Å². The first-order valence-electron chi connectivity index (χ1n) is 6.23. The topological polar surface area (TPSA) is 58.6 Å². The molecule has 17 heavy (non-hydrogen) atoms. The van der Waals surface area contributed by atoms with Crippen molar-refractivity contribution < 1.29 is 23.0 Å². The first kappa shape index (κ1) is 15.1. The van der Waals surface area contributed by atoms with Crippen molar-refractivity contribution in [3.8, 4) is 0 Å². The summed E-state index contributed by atoms with van der Waals surface area (Å²) < 4.78 is 22.2. The van der Waals surface area contributed by atoms with Gasteiger partial charge in [-0.2, -0.15) is 0 Å². The molecule has 0 aromatic carbocycles. The Morgan fingerprint density at radius 2 is 1.82 bits per heavy atom. The summed E-state index contributed by atoms with van der Waals surface area (Å²) in [5.41, 5.74) is 0. The van der Waals surface area contributed by atoms with Crippen LogP contribution in [-0.2, 0) is 13.6 Å². The summed E-state index contributed by atoms with van der Waals surface area (Å²) in [5, 5.41) is 0. The smallest absolute Gasteiger partial charge is 0.268 e. The zero-order valence-corrected chi connectivity index (χ0v) is 11.9. The highest BCUT2D eigenvalue weighted by atomic mass is 31.2. The van der Waals surface area contributed by atoms with E-state index in [1.807, 2.05) is 21.1 Å². The molecule has 1 unspecified atom stereocenters. The minimum atomic E-state index is -4.11. The van der Waals surface area contributed by atoms with Gasteiger partial charge in [-0.1, -0.05) is 19.3 Å². The molecule has 1 aliphatic rings. The fraction of sp³-hybridized carbons (Fsp3) is 1.00. The van der Waals surface area contributed by atoms with Crippen LogP contribution in [0.1, 0.15) is 32.1 Å². The Labute approximate surface area is 104 Å². The van der Waals surface area contributed by atoms with E-state index in [0.29, 0.717) is 11.0 Å². The van der Waals surface area contributed by atoms with Gasteiger partial charge in [0.25, 0.3) is 7.82 Å². The minimum Gasteiger partial charge on any atom is -0.756 e. The van der Waals surface area contributed by atoms with E-state index in [9.17, 15) is 9.46 Å². The first-order chi connectivity index (χ1) is 7.79. The Morgan fingerprint density at radius 3 is 2.35 bits per heavy atom. The van der Waals surface area contributed by atoms with Gasteiger partial charge in [0.05, 0.1) is 27.2 Å². The second-order valence-corrected chi connectivity index (χ2v) is 7.02. The molecule has 1 fully saturated rings. The summed E-state index contributed by atoms with van der Waals surface area (Å²) >= 11 is 0. The molecular formula is C11H24NO4P. The van der Waals surface area contributed by atoms with Crippen LogP contribution in [0.3, 0.4) is 0 Å². The molecule has 0 N–H and O–H groups in total. The molecule has 0 aliphatic heterocycles. The van der Waals surface area contributed by atoms with Gasteiger partial charge in [-0.15, -0.1) is 0 Å². The second kappa shape index (κ2) is 6.30. The van der Waals surface area contributed by atoms with E-state index < -0.39 is 7.82 Å². The monoisotopic (exact) mass is 265 g/mol. The predicted molar refractivity (Wildman–Crippen MR) is 64.4 cm³/mol. The molecule has 6 heteroatoms. The van der Waals surface area contributed by atoms with E-state index in [-0.39, 0.29) is 12.7 Å². The van der Waals surface area contributed by atoms with Crippen molar-refractivity contribution in [2.24, 2.45) is 0 Å². The molecule has 1 rings (SSSR count). The fourth-order valence-electron chi connectivity index (χ4n) is 1.81. The summed E-state index contributed by atoms with van der Waals surface area (Å²) in [6.45, 7) is 0.817. The zero-order chi connectivity index (χ0) is 12.9. The van der Waals surface area contributed by atoms with Crippen LogP contribution >= 0.6 is 7.82 Å². The Morgan fingerprint density at radius 1 is 1.24 bits per heavy atom. The SMILES string of the molecule is C[N+](C)(C)CCOP(=O)([O-])OC1CCCCC1. The highest BCUT2D eigenvalue weighted by Gasteiger charge is 2.21. The van der Waals surface area contributed by atoms with Gasteiger partial charge in [-0.25, -0.2) is 0 Å². The normalized spacial score (nSPS) is 22.4. The van der Waals surface area contributed by atoms with Gasteiger partial charge in [-0.3, -0.25) is 4.57 Å². The van der Waals surface area contributed by atoms with Gasteiger partial charge < -0.3 is 18.4 Å². The van der Waals surface area contributed by atoms with Crippen LogP contribution < -0.4 is 4.89 Å². The quantitative estimate of drug-likeness (QED) is 0.540. The standard InChI is InChI=1S/C11H24NO4P/c1-12(2,3)9-10-15-17(13,14)16-11-7-5-4-6-8-11/h11H,4-10H2,1-3H3. The summed E-state index contributed by atoms with van der Waals surface area (Å²) in [4.78, 5) is 11.6. The molecule has 1 saturated carbocycles. The van der Waals surface area contributed by atoms with Crippen LogP contribution in [0.4, 0.5) is 0 Å². The Balaban J connectivity index is 2.27. The number of quaternary nitrogens is 1. The number of hydrogen-bond acceptors (Lipinski definition) is 4. The van der Waals surface area contributed by atoms with Crippen LogP contribution in [0.15, 0.2) is 0 Å². The average Bonchev–Trinajstić information content (AvgIpc) is 2.15. The van der Waals surface area contributed by atoms with Crippen molar-refractivity contribution in [3.63, 3.8) is 0 Å². The predicted octanol–water partition coefficient (Wildman–Crippen LogP) is 1.53. The number of rotatable bonds is 6. The zero-order valence-electron chi connectivity index (χ0n) is 11.1. The number of likely N-dealkylation sites (N-methyl/N-ethyl adjacent to an activating group) is 1. The molecule has 0 heterocycles. The summed E-state index contributed by atoms with van der Waals surface area (Å²) in [6, 6.07) is 0. The minimum absolute atomic E-state index is 0.170. The maximum absolute atomic E-state index is 11.6. The average molecular weight is 265 g/mol. The maximum Gasteiger partial charge on any atom is 0.268 e. The molecule has 0 saturated heterocycles. The number of nitrogens with zero attached hydrogens (tertiary/aromatic N) is 1. The molecule has 0 amide bonds. The van der Waals surface area contributed by atoms with Crippen LogP contribution in [-0.4, -0.2) is 44.9 Å². The van der Waals surface area contributed by atoms with E-state index in [0.717, 1.165) is 25.7 Å². The third-order valence-corrected chi connectivity index (χ3v) is 3.90. The fourth-order valence-corrected chi connectivity index (χ4v) is 2.75. The molecule has 1 aliphatic carbocycles. The van der Waals surface area contributed by atoms with Crippen molar-refractivity contribution in [2.45, 2.75) is 38.2 Å². The summed E-state index contributed by atoms with van der Waals surface area (Å²) in [7, 11) is 1.85. The molecule has 0 bridgehead atoms. The van der Waals surface area contributed by atoms with Gasteiger partial charge in [0.2, 0.25) is 0 Å². The van der Waals surface area contributed by atoms with E-state index >= 15 is 0 Å². The van der Waals surface area contributed by atoms with Crippen molar-refractivity contribution in [1.82, 2.24) is 0 Å². The van der Waals surface area contributed by atoms with Crippen molar-refractivity contribution >= 4 is 7.82 Å². The Kier molecular flexibility index (Phi) is 5.61. The van der Waals surface area contributed by atoms with E-state index in [1.165, 1.54) is 6.42 Å². The summed E-state index contributed by atoms with van der Waals surface area (Å²) in [5.74, 6) is 0. The lowest BCUT2D eigenvalue weighted by Gasteiger charge is -2.31. The molecule has 0 aromatic heterocycles. The molecular weight excluding hydrogens is 241 g/mol. The van der Waals surface area contributed by atoms with Crippen LogP contribution in [0, 0.1) is 0 Å². The lowest BCUT2D eigenvalue weighted by molar-refractivity contribution is -0.870. The molecule has 1 atom stereocenters. The Hall–Kier alpha value is 0.0700. The summed E-state index contributed by atoms with van der Waals surface area (Å²) in [6.07, 6.45) is 4.74. The third kappa shape index (κ3) is 7.17. The van der Waals surface area contributed by atoms with Crippen molar-refractivity contribution in [3.05, 3.63) is 0 Å². The molecule has 0 spiro atoms. The maximum atomic E-state index is 11.6. The number of phosphoric acid groups is 1. The second-order valence-electron chi connectivity index (χ2n) is 5.66. The molecule has 0 aromatic rings. The third-order valence-electron chi connectivity index (χ3n) is 2.84. The van der Waals surface area contributed by atoms with Crippen LogP contribution in [0.25, 0.3) is 0 Å². The highest BCUT2D eigenvalue weighted by molar-refractivity contribution is 7.45. The van der Waals surface area contributed by atoms with Gasteiger partial charge in [0, 0.05) is 0 Å². The van der Waals surface area contributed by atoms with E-state index in [1.54, 1.807) is 0 Å². The Bertz CT molecular complexity index is 271. The largest absolute Gasteiger partial charge is 0.756 e. The van der Waals surface area contributed by atoms with Crippen LogP contribution in [0.5, 0.6) is 0 Å².